The van der Waals surface area contributed by atoms with Gasteiger partial charge in [-0.25, -0.2) is 4.79 Å². The van der Waals surface area contributed by atoms with Crippen molar-refractivity contribution < 1.29 is 18.7 Å². The third-order valence-electron chi connectivity index (χ3n) is 4.82. The SMILES string of the molecule is CCCC1Cc2c(c(C)c(C)c3oc(C(=O)OCC)cc23)C1=O. The van der Waals surface area contributed by atoms with E-state index in [9.17, 15) is 9.59 Å². The van der Waals surface area contributed by atoms with Crippen LogP contribution in [0.15, 0.2) is 10.5 Å². The highest BCUT2D eigenvalue weighted by Gasteiger charge is 2.35. The van der Waals surface area contributed by atoms with E-state index in [0.717, 1.165) is 46.9 Å². The van der Waals surface area contributed by atoms with Gasteiger partial charge in [0.15, 0.2) is 5.78 Å². The average Bonchev–Trinajstić information content (AvgIpc) is 3.09. The van der Waals surface area contributed by atoms with E-state index in [0.29, 0.717) is 12.2 Å². The number of carbonyl (C=O) groups excluding carboxylic acids is 2. The second-order valence-corrected chi connectivity index (χ2v) is 6.23. The van der Waals surface area contributed by atoms with Crippen LogP contribution < -0.4 is 0 Å². The molecule has 1 aromatic carbocycles. The fourth-order valence-corrected chi connectivity index (χ4v) is 3.59. The predicted octanol–water partition coefficient (Wildman–Crippen LogP) is 4.38. The first-order valence-electron chi connectivity index (χ1n) is 8.26. The number of ketones is 1. The largest absolute Gasteiger partial charge is 0.460 e. The molecule has 0 fully saturated rings. The van der Waals surface area contributed by atoms with Gasteiger partial charge in [0.1, 0.15) is 5.58 Å². The minimum absolute atomic E-state index is 0.0552. The van der Waals surface area contributed by atoms with Crippen LogP contribution in [0.2, 0.25) is 0 Å². The van der Waals surface area contributed by atoms with Gasteiger partial charge in [-0.05, 0) is 56.4 Å². The summed E-state index contributed by atoms with van der Waals surface area (Å²) in [5.74, 6) is 0.0518. The lowest BCUT2D eigenvalue weighted by atomic mass is 9.95. The molecule has 0 saturated carbocycles. The maximum atomic E-state index is 12.7. The van der Waals surface area contributed by atoms with Gasteiger partial charge >= 0.3 is 5.97 Å². The lowest BCUT2D eigenvalue weighted by molar-refractivity contribution is 0.0492. The van der Waals surface area contributed by atoms with E-state index in [-0.39, 0.29) is 17.5 Å². The first-order chi connectivity index (χ1) is 11.0. The van der Waals surface area contributed by atoms with Gasteiger partial charge in [0.25, 0.3) is 0 Å². The minimum Gasteiger partial charge on any atom is -0.460 e. The summed E-state index contributed by atoms with van der Waals surface area (Å²) >= 11 is 0. The smallest absolute Gasteiger partial charge is 0.374 e. The molecule has 0 saturated heterocycles. The van der Waals surface area contributed by atoms with Crippen LogP contribution in [-0.2, 0) is 11.2 Å². The van der Waals surface area contributed by atoms with Crippen molar-refractivity contribution in [2.45, 2.75) is 47.0 Å². The van der Waals surface area contributed by atoms with Crippen LogP contribution in [0, 0.1) is 19.8 Å². The molecule has 0 aliphatic heterocycles. The number of hydrogen-bond acceptors (Lipinski definition) is 4. The van der Waals surface area contributed by atoms with Crippen molar-refractivity contribution >= 4 is 22.7 Å². The summed E-state index contributed by atoms with van der Waals surface area (Å²) in [6.45, 7) is 8.08. The van der Waals surface area contributed by atoms with Crippen LogP contribution in [0.4, 0.5) is 0 Å². The Morgan fingerprint density at radius 2 is 2.04 bits per heavy atom. The van der Waals surface area contributed by atoms with Crippen LogP contribution >= 0.6 is 0 Å². The average molecular weight is 314 g/mol. The van der Waals surface area contributed by atoms with Crippen LogP contribution in [0.25, 0.3) is 11.0 Å². The van der Waals surface area contributed by atoms with Gasteiger partial charge in [0.2, 0.25) is 5.76 Å². The zero-order valence-corrected chi connectivity index (χ0v) is 14.1. The van der Waals surface area contributed by atoms with Gasteiger partial charge in [0, 0.05) is 16.9 Å². The normalized spacial score (nSPS) is 16.9. The number of hydrogen-bond donors (Lipinski definition) is 0. The topological polar surface area (TPSA) is 56.5 Å². The Morgan fingerprint density at radius 3 is 2.70 bits per heavy atom. The molecule has 1 aliphatic rings. The summed E-state index contributed by atoms with van der Waals surface area (Å²) in [7, 11) is 0. The fourth-order valence-electron chi connectivity index (χ4n) is 3.59. The van der Waals surface area contributed by atoms with Crippen molar-refractivity contribution in [2.24, 2.45) is 5.92 Å². The molecule has 122 valence electrons. The summed E-state index contributed by atoms with van der Waals surface area (Å²) in [5.41, 5.74) is 4.48. The molecule has 1 aromatic heterocycles. The van der Waals surface area contributed by atoms with Crippen LogP contribution in [-0.4, -0.2) is 18.4 Å². The Hall–Kier alpha value is -2.10. The number of Topliss-reactive ketones (excluding diaryl/α,β-unsaturated/α-hetero) is 1. The number of aryl methyl sites for hydroxylation is 1. The van der Waals surface area contributed by atoms with E-state index in [2.05, 4.69) is 6.92 Å². The molecule has 3 rings (SSSR count). The Bertz CT molecular complexity index is 798. The number of ether oxygens (including phenoxy) is 1. The molecule has 4 heteroatoms. The number of benzene rings is 1. The summed E-state index contributed by atoms with van der Waals surface area (Å²) in [4.78, 5) is 24.7. The number of furan rings is 1. The van der Waals surface area contributed by atoms with Crippen molar-refractivity contribution in [2.75, 3.05) is 6.61 Å². The number of fused-ring (bicyclic) bond motifs is 3. The fraction of sp³-hybridized carbons (Fsp3) is 0.474. The number of rotatable bonds is 4. The van der Waals surface area contributed by atoms with E-state index in [4.69, 9.17) is 9.15 Å². The molecule has 23 heavy (non-hydrogen) atoms. The van der Waals surface area contributed by atoms with Crippen molar-refractivity contribution in [1.29, 1.82) is 0 Å². The maximum Gasteiger partial charge on any atom is 0.374 e. The van der Waals surface area contributed by atoms with E-state index in [1.165, 1.54) is 0 Å². The highest BCUT2D eigenvalue weighted by molar-refractivity contribution is 6.09. The summed E-state index contributed by atoms with van der Waals surface area (Å²) in [6, 6.07) is 1.74. The second-order valence-electron chi connectivity index (χ2n) is 6.23. The molecular formula is C19H22O4. The van der Waals surface area contributed by atoms with Crippen molar-refractivity contribution in [3.63, 3.8) is 0 Å². The van der Waals surface area contributed by atoms with Gasteiger partial charge in [-0.2, -0.15) is 0 Å². The third kappa shape index (κ3) is 2.37. The molecule has 0 spiro atoms. The zero-order valence-electron chi connectivity index (χ0n) is 14.1. The van der Waals surface area contributed by atoms with E-state index in [1.54, 1.807) is 13.0 Å². The summed E-state index contributed by atoms with van der Waals surface area (Å²) in [5, 5.41) is 0.887. The van der Waals surface area contributed by atoms with Crippen molar-refractivity contribution in [3.05, 3.63) is 34.1 Å². The highest BCUT2D eigenvalue weighted by atomic mass is 16.5. The van der Waals surface area contributed by atoms with E-state index >= 15 is 0 Å². The zero-order chi connectivity index (χ0) is 16.7. The quantitative estimate of drug-likeness (QED) is 0.786. The first-order valence-corrected chi connectivity index (χ1v) is 8.26. The van der Waals surface area contributed by atoms with Gasteiger partial charge < -0.3 is 9.15 Å². The second kappa shape index (κ2) is 5.84. The third-order valence-corrected chi connectivity index (χ3v) is 4.82. The van der Waals surface area contributed by atoms with Gasteiger partial charge in [-0.3, -0.25) is 4.79 Å². The minimum atomic E-state index is -0.455. The lowest BCUT2D eigenvalue weighted by Crippen LogP contribution is -2.09. The van der Waals surface area contributed by atoms with Crippen molar-refractivity contribution in [1.82, 2.24) is 0 Å². The molecule has 0 bridgehead atoms. The van der Waals surface area contributed by atoms with E-state index in [1.807, 2.05) is 13.8 Å². The maximum absolute atomic E-state index is 12.7. The molecule has 1 heterocycles. The highest BCUT2D eigenvalue weighted by Crippen LogP contribution is 2.40. The van der Waals surface area contributed by atoms with Crippen molar-refractivity contribution in [3.8, 4) is 0 Å². The number of esters is 1. The summed E-state index contributed by atoms with van der Waals surface area (Å²) < 4.78 is 10.8. The molecule has 0 radical (unpaired) electrons. The monoisotopic (exact) mass is 314 g/mol. The molecule has 2 aromatic rings. The molecule has 4 nitrogen and oxygen atoms in total. The molecular weight excluding hydrogens is 292 g/mol. The Labute approximate surface area is 135 Å². The standard InChI is InChI=1S/C19H22O4/c1-5-7-12-8-13-14-9-15(19(21)22-6-2)23-18(14)11(4)10(3)16(13)17(12)20/h9,12H,5-8H2,1-4H3. The predicted molar refractivity (Wildman–Crippen MR) is 88.1 cm³/mol. The van der Waals surface area contributed by atoms with Crippen LogP contribution in [0.3, 0.4) is 0 Å². The molecule has 0 N–H and O–H groups in total. The Balaban J connectivity index is 2.18. The van der Waals surface area contributed by atoms with Gasteiger partial charge in [-0.15, -0.1) is 0 Å². The Morgan fingerprint density at radius 1 is 1.30 bits per heavy atom. The Kier molecular flexibility index (Phi) is 4.00. The lowest BCUT2D eigenvalue weighted by Gasteiger charge is -2.08. The van der Waals surface area contributed by atoms with E-state index < -0.39 is 5.97 Å². The first kappa shape index (κ1) is 15.8. The molecule has 0 amide bonds. The molecule has 1 aliphatic carbocycles. The van der Waals surface area contributed by atoms with Crippen LogP contribution in [0.5, 0.6) is 0 Å². The molecule has 1 unspecified atom stereocenters. The molecule has 1 atom stereocenters. The summed E-state index contributed by atoms with van der Waals surface area (Å²) in [6.07, 6.45) is 2.63. The van der Waals surface area contributed by atoms with Gasteiger partial charge in [-0.1, -0.05) is 13.3 Å². The number of carbonyl (C=O) groups is 2. The van der Waals surface area contributed by atoms with Crippen LogP contribution in [0.1, 0.15) is 64.3 Å². The van der Waals surface area contributed by atoms with Gasteiger partial charge in [0.05, 0.1) is 6.61 Å².